The van der Waals surface area contributed by atoms with E-state index in [9.17, 15) is 32.7 Å². The van der Waals surface area contributed by atoms with Gasteiger partial charge in [0.05, 0.1) is 41.5 Å². The molecule has 14 heteroatoms. The van der Waals surface area contributed by atoms with Crippen LogP contribution in [-0.2, 0) is 52.4 Å². The van der Waals surface area contributed by atoms with Gasteiger partial charge in [-0.15, -0.1) is 0 Å². The molecule has 1 fully saturated rings. The number of nitrogens with one attached hydrogen (secondary N) is 1. The second kappa shape index (κ2) is 16.0. The predicted octanol–water partition coefficient (Wildman–Crippen LogP) is 2.66. The molecule has 1 aliphatic rings. The van der Waals surface area contributed by atoms with E-state index in [1.165, 1.54) is 26.2 Å². The highest BCUT2D eigenvalue weighted by atomic mass is 32.2. The van der Waals surface area contributed by atoms with Crippen molar-refractivity contribution in [2.24, 2.45) is 22.2 Å². The van der Waals surface area contributed by atoms with Crippen LogP contribution in [0.1, 0.15) is 65.9 Å². The quantitative estimate of drug-likeness (QED) is 0.0730. The first-order chi connectivity index (χ1) is 20.9. The van der Waals surface area contributed by atoms with Gasteiger partial charge in [0.25, 0.3) is 10.1 Å². The van der Waals surface area contributed by atoms with Crippen molar-refractivity contribution in [3.63, 3.8) is 0 Å². The van der Waals surface area contributed by atoms with Crippen LogP contribution < -0.4 is 5.32 Å². The van der Waals surface area contributed by atoms with Crippen molar-refractivity contribution in [3.05, 3.63) is 29.8 Å². The lowest BCUT2D eigenvalue weighted by molar-refractivity contribution is -0.168. The summed E-state index contributed by atoms with van der Waals surface area (Å²) in [6.07, 6.45) is -0.253. The molecule has 1 aliphatic heterocycles. The highest BCUT2D eigenvalue weighted by Crippen LogP contribution is 2.47. The number of aliphatic hydroxyl groups excluding tert-OH is 1. The van der Waals surface area contributed by atoms with Crippen LogP contribution in [0.25, 0.3) is 0 Å². The van der Waals surface area contributed by atoms with Crippen LogP contribution in [0.15, 0.2) is 29.2 Å². The summed E-state index contributed by atoms with van der Waals surface area (Å²) in [5, 5.41) is 11.7. The van der Waals surface area contributed by atoms with E-state index in [0.29, 0.717) is 6.61 Å². The number of carbonyl (C=O) groups excluding carboxylic acids is 4. The molecule has 4 unspecified atom stereocenters. The summed E-state index contributed by atoms with van der Waals surface area (Å²) < 4.78 is 50.9. The number of ether oxygens (including phenoxy) is 4. The molecule has 1 heterocycles. The molecule has 45 heavy (non-hydrogen) atoms. The van der Waals surface area contributed by atoms with Crippen molar-refractivity contribution < 1.29 is 55.8 Å². The number of hydrogen-bond acceptors (Lipinski definition) is 12. The lowest BCUT2D eigenvalue weighted by atomic mass is 9.63. The summed E-state index contributed by atoms with van der Waals surface area (Å²) in [4.78, 5) is 52.8. The number of hydrogen-bond donors (Lipinski definition) is 2. The molecule has 1 aromatic rings. The molecule has 254 valence electrons. The number of esters is 3. The van der Waals surface area contributed by atoms with E-state index in [4.69, 9.17) is 23.1 Å². The number of benzene rings is 1. The molecule has 2 rings (SSSR count). The summed E-state index contributed by atoms with van der Waals surface area (Å²) >= 11 is 0. The van der Waals surface area contributed by atoms with E-state index >= 15 is 0 Å². The Morgan fingerprint density at radius 1 is 1.00 bits per heavy atom. The molecule has 0 bridgehead atoms. The standard InChI is InChI=1S/C31H47NO12S/c1-8-22(25(34)32-20-44-45(38,39)24-11-9-21(2)10-12-24)15-30(5,28(37)41-14-13-33)19-31(6,27(36)40-7)18-29(3,4)26(35)43-17-23-16-42-23/h9-12,22-23,33H,8,13-20H2,1-7H3,(H,32,34). The minimum absolute atomic E-state index is 0.0619. The fourth-order valence-corrected chi connectivity index (χ4v) is 6.31. The monoisotopic (exact) mass is 657 g/mol. The molecular formula is C31H47NO12S. The number of aliphatic hydroxyl groups is 1. The van der Waals surface area contributed by atoms with Gasteiger partial charge < -0.3 is 29.4 Å². The van der Waals surface area contributed by atoms with Crippen LogP contribution in [0.3, 0.4) is 0 Å². The van der Waals surface area contributed by atoms with Crippen LogP contribution in [0.2, 0.25) is 0 Å². The number of epoxide rings is 1. The van der Waals surface area contributed by atoms with Gasteiger partial charge in [-0.25, -0.2) is 4.18 Å². The van der Waals surface area contributed by atoms with Crippen LogP contribution in [0.5, 0.6) is 0 Å². The van der Waals surface area contributed by atoms with Gasteiger partial charge >= 0.3 is 17.9 Å². The van der Waals surface area contributed by atoms with Gasteiger partial charge in [-0.2, -0.15) is 8.42 Å². The first kappa shape index (κ1) is 38.1. The zero-order chi connectivity index (χ0) is 34.1. The molecule has 13 nitrogen and oxygen atoms in total. The van der Waals surface area contributed by atoms with Gasteiger partial charge in [-0.1, -0.05) is 24.6 Å². The number of carbonyl (C=O) groups is 4. The van der Waals surface area contributed by atoms with Crippen molar-refractivity contribution in [3.8, 4) is 0 Å². The topological polar surface area (TPSA) is 184 Å². The lowest BCUT2D eigenvalue weighted by Gasteiger charge is -2.40. The Bertz CT molecular complexity index is 1290. The van der Waals surface area contributed by atoms with Gasteiger partial charge in [0, 0.05) is 5.92 Å². The summed E-state index contributed by atoms with van der Waals surface area (Å²) in [6, 6.07) is 6.03. The van der Waals surface area contributed by atoms with E-state index in [-0.39, 0.29) is 49.9 Å². The number of rotatable bonds is 19. The van der Waals surface area contributed by atoms with Crippen LogP contribution in [0.4, 0.5) is 0 Å². The van der Waals surface area contributed by atoms with E-state index in [1.54, 1.807) is 39.8 Å². The van der Waals surface area contributed by atoms with Crippen LogP contribution >= 0.6 is 0 Å². The second-order valence-electron chi connectivity index (χ2n) is 12.6. The molecule has 1 amide bonds. The van der Waals surface area contributed by atoms with Crippen molar-refractivity contribution in [1.82, 2.24) is 5.32 Å². The van der Waals surface area contributed by atoms with Gasteiger partial charge in [0.1, 0.15) is 26.0 Å². The maximum atomic E-state index is 13.5. The average Bonchev–Trinajstić information content (AvgIpc) is 3.81. The lowest BCUT2D eigenvalue weighted by Crippen LogP contribution is -2.46. The SMILES string of the molecule is CCC(CC(C)(CC(C)(CC(C)(C)C(=O)OCC1CO1)C(=O)OC)C(=O)OCCO)C(=O)NCOS(=O)(=O)c1ccc(C)cc1. The van der Waals surface area contributed by atoms with Crippen molar-refractivity contribution in [1.29, 1.82) is 0 Å². The van der Waals surface area contributed by atoms with E-state index in [1.807, 2.05) is 6.92 Å². The molecule has 1 aromatic carbocycles. The van der Waals surface area contributed by atoms with E-state index < -0.39 is 69.4 Å². The zero-order valence-electron chi connectivity index (χ0n) is 27.2. The van der Waals surface area contributed by atoms with E-state index in [2.05, 4.69) is 5.32 Å². The number of aryl methyl sites for hydroxylation is 1. The minimum Gasteiger partial charge on any atom is -0.469 e. The normalized spacial score (nSPS) is 18.1. The minimum atomic E-state index is -4.14. The van der Waals surface area contributed by atoms with E-state index in [0.717, 1.165) is 5.56 Å². The Hall–Kier alpha value is -3.07. The summed E-state index contributed by atoms with van der Waals surface area (Å²) in [5.74, 6) is -3.40. The fourth-order valence-electron chi connectivity index (χ4n) is 5.49. The Labute approximate surface area is 265 Å². The molecule has 0 spiro atoms. The molecule has 0 aromatic heterocycles. The molecule has 4 atom stereocenters. The van der Waals surface area contributed by atoms with Crippen molar-refractivity contribution in [2.45, 2.75) is 78.2 Å². The van der Waals surface area contributed by atoms with Crippen molar-refractivity contribution >= 4 is 33.9 Å². The third kappa shape index (κ3) is 11.0. The summed E-state index contributed by atoms with van der Waals surface area (Å²) in [5.41, 5.74) is -3.20. The predicted molar refractivity (Wildman–Crippen MR) is 161 cm³/mol. The number of methoxy groups -OCH3 is 1. The van der Waals surface area contributed by atoms with Gasteiger partial charge in [-0.05, 0) is 72.4 Å². The first-order valence-corrected chi connectivity index (χ1v) is 16.2. The van der Waals surface area contributed by atoms with Crippen LogP contribution in [-0.4, -0.2) is 83.7 Å². The number of amides is 1. The average molecular weight is 658 g/mol. The molecule has 0 aliphatic carbocycles. The molecule has 2 N–H and O–H groups in total. The largest absolute Gasteiger partial charge is 0.469 e. The van der Waals surface area contributed by atoms with Gasteiger partial charge in [0.2, 0.25) is 5.91 Å². The Morgan fingerprint density at radius 2 is 1.62 bits per heavy atom. The highest BCUT2D eigenvalue weighted by molar-refractivity contribution is 7.86. The first-order valence-electron chi connectivity index (χ1n) is 14.8. The maximum absolute atomic E-state index is 13.5. The Morgan fingerprint density at radius 3 is 2.16 bits per heavy atom. The smallest absolute Gasteiger partial charge is 0.311 e. The summed E-state index contributed by atoms with van der Waals surface area (Å²) in [7, 11) is -2.94. The molecular weight excluding hydrogens is 610 g/mol. The Balaban J connectivity index is 2.26. The molecule has 1 saturated heterocycles. The molecule has 0 radical (unpaired) electrons. The van der Waals surface area contributed by atoms with Crippen molar-refractivity contribution in [2.75, 3.05) is 40.3 Å². The Kier molecular flexibility index (Phi) is 13.5. The van der Waals surface area contributed by atoms with Gasteiger partial charge in [-0.3, -0.25) is 19.2 Å². The molecule has 0 saturated carbocycles. The second-order valence-corrected chi connectivity index (χ2v) is 14.3. The maximum Gasteiger partial charge on any atom is 0.311 e. The highest BCUT2D eigenvalue weighted by Gasteiger charge is 2.51. The fraction of sp³-hybridized carbons (Fsp3) is 0.677. The summed E-state index contributed by atoms with van der Waals surface area (Å²) in [6.45, 7) is 9.09. The third-order valence-corrected chi connectivity index (χ3v) is 9.07. The van der Waals surface area contributed by atoms with Gasteiger partial charge in [0.15, 0.2) is 0 Å². The van der Waals surface area contributed by atoms with Crippen LogP contribution in [0, 0.1) is 29.1 Å². The zero-order valence-corrected chi connectivity index (χ0v) is 28.0. The third-order valence-electron chi connectivity index (χ3n) is 7.79.